The molecule has 0 bridgehead atoms. The summed E-state index contributed by atoms with van der Waals surface area (Å²) >= 11 is 0. The van der Waals surface area contributed by atoms with Gasteiger partial charge in [-0.25, -0.2) is 9.18 Å². The number of ketones is 1. The molecule has 1 fully saturated rings. The molecule has 1 heterocycles. The highest BCUT2D eigenvalue weighted by molar-refractivity contribution is 5.98. The van der Waals surface area contributed by atoms with Crippen LogP contribution >= 0.6 is 0 Å². The fourth-order valence-corrected chi connectivity index (χ4v) is 2.95. The first-order valence-electron chi connectivity index (χ1n) is 8.36. The highest BCUT2D eigenvalue weighted by atomic mass is 19.1. The van der Waals surface area contributed by atoms with Crippen molar-refractivity contribution in [3.63, 3.8) is 0 Å². The lowest BCUT2D eigenvalue weighted by Crippen LogP contribution is -2.52. The molecule has 1 saturated heterocycles. The Morgan fingerprint density at radius 3 is 2.48 bits per heavy atom. The minimum absolute atomic E-state index is 0.0880. The molecule has 1 aliphatic rings. The molecule has 0 radical (unpaired) electrons. The van der Waals surface area contributed by atoms with Gasteiger partial charge in [-0.2, -0.15) is 0 Å². The summed E-state index contributed by atoms with van der Waals surface area (Å²) in [5.41, 5.74) is 0.449. The monoisotopic (exact) mass is 349 g/mol. The average molecular weight is 349 g/mol. The van der Waals surface area contributed by atoms with Gasteiger partial charge in [0.1, 0.15) is 11.9 Å². The number of likely N-dealkylation sites (N-methyl/N-ethyl adjacent to an activating group) is 1. The van der Waals surface area contributed by atoms with Gasteiger partial charge in [-0.05, 0) is 44.0 Å². The van der Waals surface area contributed by atoms with Crippen LogP contribution in [0.5, 0.6) is 0 Å². The third-order valence-corrected chi connectivity index (χ3v) is 4.36. The van der Waals surface area contributed by atoms with Crippen LogP contribution in [0.15, 0.2) is 24.3 Å². The van der Waals surface area contributed by atoms with Crippen molar-refractivity contribution in [2.24, 2.45) is 5.92 Å². The minimum atomic E-state index is -0.629. The molecule has 1 aromatic carbocycles. The highest BCUT2D eigenvalue weighted by Gasteiger charge is 2.30. The molecule has 7 heteroatoms. The highest BCUT2D eigenvalue weighted by Crippen LogP contribution is 2.21. The lowest BCUT2D eigenvalue weighted by molar-refractivity contribution is -0.130. The largest absolute Gasteiger partial charge is 0.347 e. The van der Waals surface area contributed by atoms with Crippen molar-refractivity contribution < 1.29 is 18.8 Å². The van der Waals surface area contributed by atoms with E-state index >= 15 is 0 Å². The van der Waals surface area contributed by atoms with Gasteiger partial charge in [-0.1, -0.05) is 0 Å². The molecule has 0 aliphatic carbocycles. The number of piperidine rings is 1. The molecule has 1 aromatic rings. The van der Waals surface area contributed by atoms with Gasteiger partial charge in [0.05, 0.1) is 0 Å². The Balaban J connectivity index is 1.98. The molecule has 0 aromatic heterocycles. The number of nitrogens with zero attached hydrogens (tertiary/aromatic N) is 2. The number of rotatable bonds is 4. The van der Waals surface area contributed by atoms with Gasteiger partial charge in [-0.3, -0.25) is 9.59 Å². The molecule has 0 spiro atoms. The maximum absolute atomic E-state index is 13.0. The van der Waals surface area contributed by atoms with Crippen molar-refractivity contribution >= 4 is 17.7 Å². The number of hydrogen-bond donors (Lipinski definition) is 1. The van der Waals surface area contributed by atoms with Crippen LogP contribution in [0.3, 0.4) is 0 Å². The van der Waals surface area contributed by atoms with Crippen LogP contribution in [-0.2, 0) is 4.79 Å². The van der Waals surface area contributed by atoms with Crippen LogP contribution in [0, 0.1) is 11.7 Å². The first kappa shape index (κ1) is 18.9. The van der Waals surface area contributed by atoms with E-state index in [0.717, 1.165) is 0 Å². The van der Waals surface area contributed by atoms with Crippen molar-refractivity contribution in [2.45, 2.75) is 25.8 Å². The van der Waals surface area contributed by atoms with E-state index in [2.05, 4.69) is 5.32 Å². The Kier molecular flexibility index (Phi) is 6.12. The fraction of sp³-hybridized carbons (Fsp3) is 0.500. The number of Topliss-reactive ketones (excluding diaryl/α,β-unsaturated/α-hetero) is 1. The van der Waals surface area contributed by atoms with Gasteiger partial charge in [0.15, 0.2) is 5.78 Å². The lowest BCUT2D eigenvalue weighted by Gasteiger charge is -2.33. The second kappa shape index (κ2) is 8.09. The van der Waals surface area contributed by atoms with Gasteiger partial charge < -0.3 is 15.1 Å². The summed E-state index contributed by atoms with van der Waals surface area (Å²) in [6.45, 7) is 2.47. The summed E-state index contributed by atoms with van der Waals surface area (Å²) in [4.78, 5) is 39.8. The van der Waals surface area contributed by atoms with Crippen LogP contribution in [0.2, 0.25) is 0 Å². The predicted octanol–water partition coefficient (Wildman–Crippen LogP) is 1.91. The molecule has 0 saturated carbocycles. The quantitative estimate of drug-likeness (QED) is 0.844. The molecule has 1 N–H and O–H groups in total. The topological polar surface area (TPSA) is 69.7 Å². The first-order chi connectivity index (χ1) is 11.8. The lowest BCUT2D eigenvalue weighted by atomic mass is 9.90. The summed E-state index contributed by atoms with van der Waals surface area (Å²) in [5, 5.41) is 2.67. The standard InChI is InChI=1S/C18H24FN3O3/c1-12(17(24)21(2)3)20-18(25)22-10-4-5-14(11-22)16(23)13-6-8-15(19)9-7-13/h6-9,12,14H,4-5,10-11H2,1-3H3,(H,20,25)/t12-,14?/m0/s1. The molecule has 3 amide bonds. The molecule has 2 atom stereocenters. The van der Waals surface area contributed by atoms with E-state index < -0.39 is 6.04 Å². The van der Waals surface area contributed by atoms with Crippen molar-refractivity contribution in [3.8, 4) is 0 Å². The number of amides is 3. The summed E-state index contributed by atoms with van der Waals surface area (Å²) < 4.78 is 13.0. The van der Waals surface area contributed by atoms with Crippen molar-refractivity contribution in [1.29, 1.82) is 0 Å². The van der Waals surface area contributed by atoms with Gasteiger partial charge in [0, 0.05) is 38.7 Å². The first-order valence-corrected chi connectivity index (χ1v) is 8.36. The Morgan fingerprint density at radius 1 is 1.24 bits per heavy atom. The van der Waals surface area contributed by atoms with Gasteiger partial charge in [-0.15, -0.1) is 0 Å². The molecule has 1 unspecified atom stereocenters. The molecule has 6 nitrogen and oxygen atoms in total. The second-order valence-electron chi connectivity index (χ2n) is 6.56. The third kappa shape index (κ3) is 4.78. The van der Waals surface area contributed by atoms with E-state index in [4.69, 9.17) is 0 Å². The number of carbonyl (C=O) groups is 3. The molecule has 2 rings (SSSR count). The van der Waals surface area contributed by atoms with E-state index in [9.17, 15) is 18.8 Å². The normalized spacial score (nSPS) is 18.4. The van der Waals surface area contributed by atoms with E-state index in [1.807, 2.05) is 0 Å². The van der Waals surface area contributed by atoms with Crippen LogP contribution in [0.1, 0.15) is 30.1 Å². The zero-order valence-corrected chi connectivity index (χ0v) is 14.8. The number of carbonyl (C=O) groups excluding carboxylic acids is 3. The van der Waals surface area contributed by atoms with Crippen molar-refractivity contribution in [2.75, 3.05) is 27.2 Å². The predicted molar refractivity (Wildman–Crippen MR) is 91.7 cm³/mol. The SMILES string of the molecule is C[C@H](NC(=O)N1CCCC(C(=O)c2ccc(F)cc2)C1)C(=O)N(C)C. The average Bonchev–Trinajstić information content (AvgIpc) is 2.61. The molecular formula is C18H24FN3O3. The smallest absolute Gasteiger partial charge is 0.318 e. The maximum Gasteiger partial charge on any atom is 0.318 e. The molecule has 25 heavy (non-hydrogen) atoms. The van der Waals surface area contributed by atoms with Gasteiger partial charge in [0.2, 0.25) is 5.91 Å². The summed E-state index contributed by atoms with van der Waals surface area (Å²) in [7, 11) is 3.26. The third-order valence-electron chi connectivity index (χ3n) is 4.36. The van der Waals surface area contributed by atoms with Crippen LogP contribution < -0.4 is 5.32 Å². The summed E-state index contributed by atoms with van der Waals surface area (Å²) in [6.07, 6.45) is 1.40. The number of benzene rings is 1. The molecule has 136 valence electrons. The summed E-state index contributed by atoms with van der Waals surface area (Å²) in [6, 6.07) is 4.47. The van der Waals surface area contributed by atoms with Gasteiger partial charge >= 0.3 is 6.03 Å². The summed E-state index contributed by atoms with van der Waals surface area (Å²) in [5.74, 6) is -0.982. The zero-order valence-electron chi connectivity index (χ0n) is 14.8. The van der Waals surface area contributed by atoms with E-state index in [1.54, 1.807) is 25.9 Å². The van der Waals surface area contributed by atoms with Crippen LogP contribution in [0.4, 0.5) is 9.18 Å². The number of halogens is 1. The molecular weight excluding hydrogens is 325 g/mol. The van der Waals surface area contributed by atoms with Crippen LogP contribution in [-0.4, -0.2) is 60.7 Å². The number of hydrogen-bond acceptors (Lipinski definition) is 3. The number of likely N-dealkylation sites (tertiary alicyclic amines) is 1. The number of urea groups is 1. The van der Waals surface area contributed by atoms with E-state index in [-0.39, 0.29) is 29.5 Å². The maximum atomic E-state index is 13.0. The minimum Gasteiger partial charge on any atom is -0.347 e. The van der Waals surface area contributed by atoms with E-state index in [0.29, 0.717) is 31.5 Å². The Bertz CT molecular complexity index is 645. The second-order valence-corrected chi connectivity index (χ2v) is 6.56. The Morgan fingerprint density at radius 2 is 1.88 bits per heavy atom. The van der Waals surface area contributed by atoms with Crippen LogP contribution in [0.25, 0.3) is 0 Å². The zero-order chi connectivity index (χ0) is 18.6. The number of nitrogens with one attached hydrogen (secondary N) is 1. The van der Waals surface area contributed by atoms with Crippen molar-refractivity contribution in [3.05, 3.63) is 35.6 Å². The molecule has 1 aliphatic heterocycles. The van der Waals surface area contributed by atoms with E-state index in [1.165, 1.54) is 29.2 Å². The van der Waals surface area contributed by atoms with Crippen molar-refractivity contribution in [1.82, 2.24) is 15.1 Å². The fourth-order valence-electron chi connectivity index (χ4n) is 2.95. The Labute approximate surface area is 147 Å². The van der Waals surface area contributed by atoms with Gasteiger partial charge in [0.25, 0.3) is 0 Å². The Hall–Kier alpha value is -2.44.